The van der Waals surface area contributed by atoms with Gasteiger partial charge >= 0.3 is 0 Å². The van der Waals surface area contributed by atoms with Gasteiger partial charge in [-0.05, 0) is 13.0 Å². The van der Waals surface area contributed by atoms with Crippen molar-refractivity contribution >= 4 is 5.84 Å². The molecule has 0 amide bonds. The van der Waals surface area contributed by atoms with Crippen molar-refractivity contribution in [3.05, 3.63) is 12.3 Å². The molecule has 0 aromatic carbocycles. The Kier molecular flexibility index (Phi) is 4.37. The third-order valence-electron chi connectivity index (χ3n) is 1.26. The highest BCUT2D eigenvalue weighted by molar-refractivity contribution is 5.91. The molecule has 0 aromatic heterocycles. The number of amidine groups is 1. The van der Waals surface area contributed by atoms with Crippen molar-refractivity contribution in [1.82, 2.24) is 4.90 Å². The summed E-state index contributed by atoms with van der Waals surface area (Å²) in [7, 11) is 3.66. The largest absolute Gasteiger partial charge is 0.384 e. The van der Waals surface area contributed by atoms with Gasteiger partial charge in [0, 0.05) is 26.8 Å². The molecular weight excluding hydrogens is 126 g/mol. The molecule has 0 saturated carbocycles. The van der Waals surface area contributed by atoms with Crippen molar-refractivity contribution in [2.75, 3.05) is 20.6 Å². The lowest BCUT2D eigenvalue weighted by Gasteiger charge is -2.08. The Balaban J connectivity index is 3.75. The van der Waals surface area contributed by atoms with E-state index >= 15 is 0 Å². The quantitative estimate of drug-likeness (QED) is 0.457. The molecule has 0 aliphatic rings. The van der Waals surface area contributed by atoms with Gasteiger partial charge in [-0.3, -0.25) is 4.99 Å². The number of aliphatic imine (C=N–C) groups is 1. The lowest BCUT2D eigenvalue weighted by atomic mass is 10.5. The second kappa shape index (κ2) is 4.85. The third-order valence-corrected chi connectivity index (χ3v) is 1.26. The number of nitrogens with two attached hydrogens (primary N) is 1. The molecule has 0 atom stereocenters. The van der Waals surface area contributed by atoms with Gasteiger partial charge in [0.1, 0.15) is 5.84 Å². The zero-order chi connectivity index (χ0) is 7.98. The summed E-state index contributed by atoms with van der Waals surface area (Å²) in [6.07, 6.45) is 3.69. The summed E-state index contributed by atoms with van der Waals surface area (Å²) in [5.74, 6) is 0.556. The Morgan fingerprint density at radius 3 is 2.70 bits per heavy atom. The van der Waals surface area contributed by atoms with E-state index in [9.17, 15) is 0 Å². The van der Waals surface area contributed by atoms with Crippen LogP contribution in [0.4, 0.5) is 0 Å². The summed E-state index contributed by atoms with van der Waals surface area (Å²) >= 11 is 0. The Morgan fingerprint density at radius 1 is 1.70 bits per heavy atom. The molecule has 0 rings (SSSR count). The van der Waals surface area contributed by atoms with E-state index in [4.69, 9.17) is 5.73 Å². The predicted molar refractivity (Wildman–Crippen MR) is 45.0 cm³/mol. The molecule has 2 N–H and O–H groups in total. The maximum Gasteiger partial charge on any atom is 0.119 e. The normalized spacial score (nSPS) is 12.5. The minimum Gasteiger partial charge on any atom is -0.384 e. The van der Waals surface area contributed by atoms with E-state index in [-0.39, 0.29) is 0 Å². The van der Waals surface area contributed by atoms with Crippen molar-refractivity contribution in [2.45, 2.75) is 6.92 Å². The molecule has 0 bridgehead atoms. The van der Waals surface area contributed by atoms with E-state index in [0.717, 1.165) is 6.54 Å². The van der Waals surface area contributed by atoms with Crippen molar-refractivity contribution in [3.8, 4) is 0 Å². The SMILES string of the molecule is CCN(C)/C=C\C(N)=NC. The van der Waals surface area contributed by atoms with Crippen LogP contribution >= 0.6 is 0 Å². The van der Waals surface area contributed by atoms with Gasteiger partial charge in [-0.25, -0.2) is 0 Å². The van der Waals surface area contributed by atoms with Gasteiger partial charge < -0.3 is 10.6 Å². The molecule has 0 aromatic rings. The van der Waals surface area contributed by atoms with Crippen LogP contribution < -0.4 is 5.73 Å². The molecule has 0 aliphatic carbocycles. The van der Waals surface area contributed by atoms with Crippen molar-refractivity contribution < 1.29 is 0 Å². The number of hydrogen-bond acceptors (Lipinski definition) is 2. The maximum absolute atomic E-state index is 5.41. The van der Waals surface area contributed by atoms with Crippen LogP contribution in [0, 0.1) is 0 Å². The molecule has 0 saturated heterocycles. The van der Waals surface area contributed by atoms with E-state index in [1.807, 2.05) is 18.1 Å². The van der Waals surface area contributed by atoms with E-state index in [2.05, 4.69) is 11.9 Å². The summed E-state index contributed by atoms with van der Waals surface area (Å²) in [4.78, 5) is 5.80. The zero-order valence-corrected chi connectivity index (χ0v) is 6.83. The second-order valence-corrected chi connectivity index (χ2v) is 2.04. The molecule has 58 valence electrons. The van der Waals surface area contributed by atoms with Crippen LogP contribution in [0.1, 0.15) is 6.92 Å². The second-order valence-electron chi connectivity index (χ2n) is 2.04. The van der Waals surface area contributed by atoms with Gasteiger partial charge in [0.2, 0.25) is 0 Å². The Bertz CT molecular complexity index is 138. The van der Waals surface area contributed by atoms with Crippen LogP contribution in [0.25, 0.3) is 0 Å². The average Bonchev–Trinajstić information content (AvgIpc) is 1.99. The summed E-state index contributed by atoms with van der Waals surface area (Å²) in [5, 5.41) is 0. The molecule has 0 heterocycles. The lowest BCUT2D eigenvalue weighted by molar-refractivity contribution is 0.484. The Labute approximate surface area is 62.2 Å². The molecule has 0 aliphatic heterocycles. The summed E-state index contributed by atoms with van der Waals surface area (Å²) in [6, 6.07) is 0. The topological polar surface area (TPSA) is 41.6 Å². The molecule has 0 spiro atoms. The fourth-order valence-electron chi connectivity index (χ4n) is 0.384. The predicted octanol–water partition coefficient (Wildman–Crippen LogP) is 0.439. The first-order chi connectivity index (χ1) is 4.70. The van der Waals surface area contributed by atoms with Crippen LogP contribution in [0.5, 0.6) is 0 Å². The molecule has 3 heteroatoms. The highest BCUT2D eigenvalue weighted by Gasteiger charge is 1.83. The van der Waals surface area contributed by atoms with E-state index in [1.54, 1.807) is 13.1 Å². The smallest absolute Gasteiger partial charge is 0.119 e. The Hall–Kier alpha value is -0.990. The fraction of sp³-hybridized carbons (Fsp3) is 0.571. The van der Waals surface area contributed by atoms with Gasteiger partial charge in [-0.1, -0.05) is 0 Å². The van der Waals surface area contributed by atoms with Crippen molar-refractivity contribution in [3.63, 3.8) is 0 Å². The van der Waals surface area contributed by atoms with Gasteiger partial charge in [-0.15, -0.1) is 0 Å². The average molecular weight is 141 g/mol. The third kappa shape index (κ3) is 3.95. The Morgan fingerprint density at radius 2 is 2.30 bits per heavy atom. The van der Waals surface area contributed by atoms with Crippen LogP contribution in [0.15, 0.2) is 17.3 Å². The van der Waals surface area contributed by atoms with E-state index in [0.29, 0.717) is 5.84 Å². The highest BCUT2D eigenvalue weighted by atomic mass is 15.1. The van der Waals surface area contributed by atoms with E-state index in [1.165, 1.54) is 0 Å². The monoisotopic (exact) mass is 141 g/mol. The number of rotatable bonds is 3. The molecule has 3 nitrogen and oxygen atoms in total. The maximum atomic E-state index is 5.41. The van der Waals surface area contributed by atoms with Crippen LogP contribution in [0.3, 0.4) is 0 Å². The van der Waals surface area contributed by atoms with Gasteiger partial charge in [0.05, 0.1) is 0 Å². The van der Waals surface area contributed by atoms with Crippen LogP contribution in [-0.2, 0) is 0 Å². The van der Waals surface area contributed by atoms with Crippen molar-refractivity contribution in [1.29, 1.82) is 0 Å². The summed E-state index contributed by atoms with van der Waals surface area (Å²) in [6.45, 7) is 3.05. The van der Waals surface area contributed by atoms with E-state index < -0.39 is 0 Å². The van der Waals surface area contributed by atoms with Crippen molar-refractivity contribution in [2.24, 2.45) is 10.7 Å². The summed E-state index contributed by atoms with van der Waals surface area (Å²) in [5.41, 5.74) is 5.41. The molecular formula is C7H15N3. The van der Waals surface area contributed by atoms with Gasteiger partial charge in [-0.2, -0.15) is 0 Å². The first kappa shape index (κ1) is 9.01. The van der Waals surface area contributed by atoms with Gasteiger partial charge in [0.25, 0.3) is 0 Å². The summed E-state index contributed by atoms with van der Waals surface area (Å²) < 4.78 is 0. The fourth-order valence-corrected chi connectivity index (χ4v) is 0.384. The molecule has 0 unspecified atom stereocenters. The minimum atomic E-state index is 0.556. The standard InChI is InChI=1S/C7H15N3/c1-4-10(3)6-5-7(8)9-2/h5-6H,4H2,1-3H3,(H2,8,9)/b6-5-. The zero-order valence-electron chi connectivity index (χ0n) is 6.83. The minimum absolute atomic E-state index is 0.556. The molecule has 10 heavy (non-hydrogen) atoms. The lowest BCUT2D eigenvalue weighted by Crippen LogP contribution is -2.12. The number of nitrogens with zero attached hydrogens (tertiary/aromatic N) is 2. The van der Waals surface area contributed by atoms with Crippen LogP contribution in [-0.4, -0.2) is 31.4 Å². The van der Waals surface area contributed by atoms with Crippen LogP contribution in [0.2, 0.25) is 0 Å². The number of hydrogen-bond donors (Lipinski definition) is 1. The first-order valence-electron chi connectivity index (χ1n) is 3.31. The molecule has 0 fully saturated rings. The van der Waals surface area contributed by atoms with Gasteiger partial charge in [0.15, 0.2) is 0 Å². The first-order valence-corrected chi connectivity index (χ1v) is 3.31. The molecule has 0 radical (unpaired) electrons. The highest BCUT2D eigenvalue weighted by Crippen LogP contribution is 1.81.